The van der Waals surface area contributed by atoms with E-state index in [1.54, 1.807) is 33.8 Å². The molecule has 0 aromatic carbocycles. The second kappa shape index (κ2) is 4.60. The van der Waals surface area contributed by atoms with Gasteiger partial charge in [0.05, 0.1) is 0 Å². The van der Waals surface area contributed by atoms with Gasteiger partial charge in [0, 0.05) is 22.3 Å². The molecule has 0 unspecified atom stereocenters. The van der Waals surface area contributed by atoms with Crippen molar-refractivity contribution in [2.75, 3.05) is 0 Å². The fraction of sp³-hybridized carbons (Fsp3) is 0.357. The van der Waals surface area contributed by atoms with E-state index in [-0.39, 0.29) is 11.6 Å². The van der Waals surface area contributed by atoms with E-state index in [4.69, 9.17) is 6.92 Å². The van der Waals surface area contributed by atoms with Crippen molar-refractivity contribution in [2.45, 2.75) is 34.1 Å². The van der Waals surface area contributed by atoms with E-state index >= 15 is 0 Å². The van der Waals surface area contributed by atoms with Gasteiger partial charge >= 0.3 is 0 Å². The van der Waals surface area contributed by atoms with Crippen LogP contribution in [0.5, 0.6) is 0 Å². The number of carbonyl (C=O) groups is 2. The normalized spacial score (nSPS) is 18.7. The van der Waals surface area contributed by atoms with Crippen molar-refractivity contribution in [3.05, 3.63) is 40.9 Å². The minimum Gasteiger partial charge on any atom is -0.289 e. The van der Waals surface area contributed by atoms with Crippen LogP contribution in [0.3, 0.4) is 0 Å². The fourth-order valence-electron chi connectivity index (χ4n) is 1.66. The van der Waals surface area contributed by atoms with E-state index < -0.39 is 0 Å². The Morgan fingerprint density at radius 1 is 1.06 bits per heavy atom. The van der Waals surface area contributed by atoms with Crippen molar-refractivity contribution in [3.8, 4) is 0 Å². The molecule has 2 heteroatoms. The Bertz CT molecular complexity index is 441. The summed E-state index contributed by atoms with van der Waals surface area (Å²) in [5, 5.41) is 0. The van der Waals surface area contributed by atoms with E-state index in [2.05, 4.69) is 0 Å². The van der Waals surface area contributed by atoms with Crippen LogP contribution < -0.4 is 0 Å². The Morgan fingerprint density at radius 3 is 2.06 bits per heavy atom. The van der Waals surface area contributed by atoms with Gasteiger partial charge in [-0.05, 0) is 41.0 Å². The molecule has 84 valence electrons. The highest BCUT2D eigenvalue weighted by Crippen LogP contribution is 2.26. The van der Waals surface area contributed by atoms with Crippen LogP contribution >= 0.6 is 0 Å². The lowest BCUT2D eigenvalue weighted by atomic mass is 9.84. The van der Waals surface area contributed by atoms with Crippen LogP contribution in [0.25, 0.3) is 0 Å². The molecule has 16 heavy (non-hydrogen) atoms. The molecular weight excluding hydrogens is 200 g/mol. The Labute approximate surface area is 96.7 Å². The first-order valence-corrected chi connectivity index (χ1v) is 5.25. The van der Waals surface area contributed by atoms with Gasteiger partial charge in [-0.25, -0.2) is 0 Å². The first-order chi connectivity index (χ1) is 7.36. The Balaban J connectivity index is 3.14. The Hall–Kier alpha value is -1.44. The monoisotopic (exact) mass is 216 g/mol. The molecule has 1 rings (SSSR count). The molecule has 0 aromatic heterocycles. The van der Waals surface area contributed by atoms with Crippen LogP contribution in [0.4, 0.5) is 0 Å². The van der Waals surface area contributed by atoms with Crippen LogP contribution in [-0.2, 0) is 9.59 Å². The maximum Gasteiger partial charge on any atom is 0.185 e. The minimum absolute atomic E-state index is 0.0322. The summed E-state index contributed by atoms with van der Waals surface area (Å²) in [5.74, 6) is -0.0673. The highest BCUT2D eigenvalue weighted by molar-refractivity contribution is 6.24. The highest BCUT2D eigenvalue weighted by Gasteiger charge is 2.26. The van der Waals surface area contributed by atoms with Gasteiger partial charge < -0.3 is 0 Å². The third-order valence-electron chi connectivity index (χ3n) is 2.94. The van der Waals surface area contributed by atoms with Crippen LogP contribution in [0, 0.1) is 6.92 Å². The molecule has 2 radical (unpaired) electrons. The van der Waals surface area contributed by atoms with Crippen LogP contribution in [0.1, 0.15) is 34.1 Å². The minimum atomic E-state index is -0.0351. The largest absolute Gasteiger partial charge is 0.289 e. The molecule has 2 nitrogen and oxygen atoms in total. The number of rotatable bonds is 2. The van der Waals surface area contributed by atoms with Crippen molar-refractivity contribution in [1.82, 2.24) is 0 Å². The van der Waals surface area contributed by atoms with E-state index in [0.717, 1.165) is 0 Å². The van der Waals surface area contributed by atoms with Crippen molar-refractivity contribution < 1.29 is 9.59 Å². The van der Waals surface area contributed by atoms with Crippen molar-refractivity contribution in [2.24, 2.45) is 0 Å². The smallest absolute Gasteiger partial charge is 0.185 e. The maximum atomic E-state index is 12.0. The number of ketones is 2. The number of hydrogen-bond acceptors (Lipinski definition) is 2. The summed E-state index contributed by atoms with van der Waals surface area (Å²) in [6.07, 6.45) is 2.20. The molecule has 0 N–H and O–H groups in total. The number of Topliss-reactive ketones (excluding diaryl/α,β-unsaturated/α-hetero) is 2. The molecule has 0 atom stereocenters. The van der Waals surface area contributed by atoms with Gasteiger partial charge in [0.15, 0.2) is 11.6 Å². The van der Waals surface area contributed by atoms with E-state index in [0.29, 0.717) is 34.3 Å². The van der Waals surface area contributed by atoms with Gasteiger partial charge in [0.1, 0.15) is 0 Å². The molecule has 0 saturated carbocycles. The van der Waals surface area contributed by atoms with Gasteiger partial charge in [-0.1, -0.05) is 11.6 Å². The molecular formula is C14H16O2. The summed E-state index contributed by atoms with van der Waals surface area (Å²) >= 11 is 0. The summed E-state index contributed by atoms with van der Waals surface area (Å²) in [6, 6.07) is 0. The van der Waals surface area contributed by atoms with Crippen molar-refractivity contribution >= 4 is 11.6 Å². The van der Waals surface area contributed by atoms with Crippen molar-refractivity contribution in [3.63, 3.8) is 0 Å². The van der Waals surface area contributed by atoms with E-state index in [9.17, 15) is 9.59 Å². The lowest BCUT2D eigenvalue weighted by Gasteiger charge is -2.17. The zero-order chi connectivity index (χ0) is 12.5. The van der Waals surface area contributed by atoms with Gasteiger partial charge in [0.2, 0.25) is 0 Å². The molecule has 0 spiro atoms. The third-order valence-corrected chi connectivity index (χ3v) is 2.94. The van der Waals surface area contributed by atoms with Crippen LogP contribution in [0.2, 0.25) is 0 Å². The first-order valence-electron chi connectivity index (χ1n) is 5.25. The third kappa shape index (κ3) is 2.21. The Morgan fingerprint density at radius 2 is 1.56 bits per heavy atom. The molecule has 0 aromatic rings. The van der Waals surface area contributed by atoms with Crippen LogP contribution in [-0.4, -0.2) is 11.6 Å². The summed E-state index contributed by atoms with van der Waals surface area (Å²) in [6.45, 7) is 12.4. The zero-order valence-electron chi connectivity index (χ0n) is 10.2. The number of allylic oxidation sites excluding steroid dienone is 6. The molecule has 0 amide bonds. The van der Waals surface area contributed by atoms with Gasteiger partial charge in [-0.15, -0.1) is 0 Å². The predicted octanol–water partition coefficient (Wildman–Crippen LogP) is 2.84. The molecule has 0 aliphatic heterocycles. The molecule has 0 fully saturated rings. The second-order valence-electron chi connectivity index (χ2n) is 4.16. The quantitative estimate of drug-likeness (QED) is 0.665. The number of hydrogen-bond donors (Lipinski definition) is 0. The van der Waals surface area contributed by atoms with Gasteiger partial charge in [-0.2, -0.15) is 0 Å². The lowest BCUT2D eigenvalue weighted by Crippen LogP contribution is -2.20. The lowest BCUT2D eigenvalue weighted by molar-refractivity contribution is -0.116. The Kier molecular flexibility index (Phi) is 3.63. The molecule has 0 bridgehead atoms. The second-order valence-corrected chi connectivity index (χ2v) is 4.16. The summed E-state index contributed by atoms with van der Waals surface area (Å²) in [4.78, 5) is 23.8. The van der Waals surface area contributed by atoms with Crippen LogP contribution in [0.15, 0.2) is 33.9 Å². The fourth-order valence-corrected chi connectivity index (χ4v) is 1.66. The first kappa shape index (κ1) is 12.6. The maximum absolute atomic E-state index is 12.0. The zero-order valence-corrected chi connectivity index (χ0v) is 10.2. The SMILES string of the molecule is [CH]/C(C)=C/CC1=C(C)C(=O)C(C)=C(C)C1=O. The summed E-state index contributed by atoms with van der Waals surface area (Å²) in [5.41, 5.74) is 2.88. The van der Waals surface area contributed by atoms with Gasteiger partial charge in [-0.3, -0.25) is 9.59 Å². The summed E-state index contributed by atoms with van der Waals surface area (Å²) < 4.78 is 0. The molecule has 0 heterocycles. The summed E-state index contributed by atoms with van der Waals surface area (Å²) in [7, 11) is 0. The van der Waals surface area contributed by atoms with Gasteiger partial charge in [0.25, 0.3) is 0 Å². The standard InChI is InChI=1S/C14H16O2/c1-8(2)6-7-12-11(5)13(15)9(3)10(4)14(12)16/h1,6H,7H2,2-5H3/b8-6-. The van der Waals surface area contributed by atoms with E-state index in [1.807, 2.05) is 0 Å². The number of carbonyl (C=O) groups excluding carboxylic acids is 2. The predicted molar refractivity (Wildman–Crippen MR) is 63.8 cm³/mol. The topological polar surface area (TPSA) is 34.1 Å². The van der Waals surface area contributed by atoms with E-state index in [1.165, 1.54) is 0 Å². The average molecular weight is 216 g/mol. The molecule has 0 saturated heterocycles. The average Bonchev–Trinajstić information content (AvgIpc) is 2.23. The van der Waals surface area contributed by atoms with Crippen molar-refractivity contribution in [1.29, 1.82) is 0 Å². The molecule has 1 aliphatic carbocycles. The molecule has 1 aliphatic rings. The highest BCUT2D eigenvalue weighted by atomic mass is 16.1.